The van der Waals surface area contributed by atoms with Crippen LogP contribution in [0.15, 0.2) is 111 Å². The maximum Gasteiger partial charge on any atom is 0.336 e. The van der Waals surface area contributed by atoms with Crippen molar-refractivity contribution in [3.05, 3.63) is 141 Å². The molecule has 4 aromatic rings. The van der Waals surface area contributed by atoms with Gasteiger partial charge >= 0.3 is 11.9 Å². The number of hydrogen-bond donors (Lipinski definition) is 4. The summed E-state index contributed by atoms with van der Waals surface area (Å²) in [4.78, 5) is 27.5. The van der Waals surface area contributed by atoms with Gasteiger partial charge in [0.05, 0.1) is 39.8 Å². The standard InChI is InChI=1S/C28H26N2O3.C27H24N2O3.C2H3NS.CH4.4H2/c1-6-29-23-15-25-21(13-17(23)4)27(19-11-9-10-12-20(19)28(31)32)22-14-18(5)24(16-26(22)33-25)30(7-2)8-3;1-6-28-22-14-24-20(12-16(22)3)26(18-10-8-9-11-19(18)27(30)31)21-13-17(4)23(29(5)7-2)15-25(21)32-24;1-3-2-4;;;;;/h1,9-16H,7-8H2,2-5H3,(H,31,32);1,8-15H,7H2,2-5H3,(H,30,31);1H3;1H4;4*1H/p+2. The Hall–Kier alpha value is -8.28. The lowest BCUT2D eigenvalue weighted by molar-refractivity contribution is 0.0687. The molecular weight excluding hydrogens is 895 g/mol. The normalized spacial score (nSPS) is 10.8. The number of fused-ring (bicyclic) bond motifs is 4. The average molecular weight is 962 g/mol. The van der Waals surface area contributed by atoms with Crippen molar-refractivity contribution < 1.29 is 34.3 Å². The quantitative estimate of drug-likeness (QED) is 0.0278. The lowest BCUT2D eigenvalue weighted by atomic mass is 9.89. The Bertz CT molecular complexity index is 3540. The van der Waals surface area contributed by atoms with Crippen molar-refractivity contribution >= 4 is 62.6 Å². The fraction of sp³-hybridized carbons (Fsp3) is 0.224. The summed E-state index contributed by atoms with van der Waals surface area (Å²) in [5.74, 6) is -0.555. The van der Waals surface area contributed by atoms with Gasteiger partial charge in [-0.1, -0.05) is 56.7 Å². The molecule has 0 atom stereocenters. The molecule has 0 unspecified atom stereocenters. The molecule has 12 heteroatoms. The second kappa shape index (κ2) is 23.1. The number of anilines is 2. The van der Waals surface area contributed by atoms with Gasteiger partial charge in [-0.15, -0.1) is 0 Å². The molecule has 8 rings (SSSR count). The lowest BCUT2D eigenvalue weighted by Crippen LogP contribution is -2.31. The van der Waals surface area contributed by atoms with E-state index in [1.165, 1.54) is 0 Å². The van der Waals surface area contributed by atoms with Gasteiger partial charge < -0.3 is 29.7 Å². The second-order valence-corrected chi connectivity index (χ2v) is 16.5. The third-order valence-corrected chi connectivity index (χ3v) is 12.3. The minimum absolute atomic E-state index is 0. The molecule has 0 spiro atoms. The first-order valence-corrected chi connectivity index (χ1v) is 22.8. The van der Waals surface area contributed by atoms with Crippen LogP contribution in [0.5, 0.6) is 0 Å². The number of carboxylic acid groups (broad SMARTS) is 2. The molecule has 0 amide bonds. The van der Waals surface area contributed by atoms with Gasteiger partial charge in [0.15, 0.2) is 0 Å². The van der Waals surface area contributed by atoms with E-state index < -0.39 is 11.9 Å². The van der Waals surface area contributed by atoms with Crippen molar-refractivity contribution in [3.63, 3.8) is 0 Å². The van der Waals surface area contributed by atoms with Crippen LogP contribution in [0.4, 0.5) is 11.4 Å². The Morgan fingerprint density at radius 2 is 1.04 bits per heavy atom. The predicted molar refractivity (Wildman–Crippen MR) is 299 cm³/mol. The summed E-state index contributed by atoms with van der Waals surface area (Å²) in [5.41, 5.74) is 12.1. The summed E-state index contributed by atoms with van der Waals surface area (Å²) >= 11 is 4.14. The molecule has 2 aliphatic heterocycles. The summed E-state index contributed by atoms with van der Waals surface area (Å²) in [5, 5.41) is 31.6. The Morgan fingerprint density at radius 3 is 1.41 bits per heavy atom. The van der Waals surface area contributed by atoms with Gasteiger partial charge in [-0.05, 0) is 119 Å². The van der Waals surface area contributed by atoms with Crippen molar-refractivity contribution in [1.82, 2.24) is 9.15 Å². The van der Waals surface area contributed by atoms with Crippen molar-refractivity contribution in [1.29, 1.82) is 0 Å². The maximum atomic E-state index is 12.1. The van der Waals surface area contributed by atoms with Crippen LogP contribution < -0.4 is 30.5 Å². The van der Waals surface area contributed by atoms with Crippen LogP contribution in [0.25, 0.3) is 66.8 Å². The zero-order valence-corrected chi connectivity index (χ0v) is 41.1. The van der Waals surface area contributed by atoms with E-state index >= 15 is 0 Å². The summed E-state index contributed by atoms with van der Waals surface area (Å²) in [7, 11) is 3.63. The minimum Gasteiger partial charge on any atom is -0.478 e. The summed E-state index contributed by atoms with van der Waals surface area (Å²) in [6, 6.07) is 35.1. The number of nitrogens with zero attached hydrogens (tertiary/aromatic N) is 3. The first kappa shape index (κ1) is 52.7. The van der Waals surface area contributed by atoms with Gasteiger partial charge in [0, 0.05) is 81.1 Å². The minimum atomic E-state index is -0.968. The van der Waals surface area contributed by atoms with E-state index in [4.69, 9.17) is 21.7 Å². The largest absolute Gasteiger partial charge is 0.478 e. The zero-order valence-electron chi connectivity index (χ0n) is 40.3. The highest BCUT2D eigenvalue weighted by atomic mass is 32.1. The molecule has 364 valence electrons. The third kappa shape index (κ3) is 10.7. The number of aryl methyl sites for hydroxylation is 4. The molecule has 2 aliphatic carbocycles. The monoisotopic (exact) mass is 961 g/mol. The number of terminal acetylenes is 2. The van der Waals surface area contributed by atoms with E-state index in [9.17, 15) is 19.8 Å². The summed E-state index contributed by atoms with van der Waals surface area (Å²) in [6.07, 6.45) is 10.9. The molecule has 0 saturated carbocycles. The molecule has 2 heterocycles. The highest BCUT2D eigenvalue weighted by molar-refractivity contribution is 7.78. The number of aliphatic imine (C=N–C) groups is 1. The van der Waals surface area contributed by atoms with Gasteiger partial charge in [-0.2, -0.15) is 0 Å². The third-order valence-electron chi connectivity index (χ3n) is 12.1. The van der Waals surface area contributed by atoms with Crippen LogP contribution in [0.2, 0.25) is 0 Å². The van der Waals surface area contributed by atoms with Crippen molar-refractivity contribution in [2.45, 2.75) is 55.9 Å². The van der Waals surface area contributed by atoms with Crippen LogP contribution in [-0.2, 0) is 0 Å². The number of thiocarbonyl (C=S) groups is 1. The van der Waals surface area contributed by atoms with Crippen LogP contribution in [0, 0.1) is 52.6 Å². The first-order chi connectivity index (χ1) is 33.2. The second-order valence-electron chi connectivity index (χ2n) is 16.3. The number of nitrogens with one attached hydrogen (secondary N) is 2. The lowest BCUT2D eigenvalue weighted by Gasteiger charge is -2.18. The Morgan fingerprint density at radius 1 is 0.643 bits per heavy atom. The average Bonchev–Trinajstić information content (AvgIpc) is 3.34. The Kier molecular flexibility index (Phi) is 17.4. The van der Waals surface area contributed by atoms with Gasteiger partial charge in [0.2, 0.25) is 10.7 Å². The number of hydrogen-bond acceptors (Lipinski definition) is 8. The highest BCUT2D eigenvalue weighted by Gasteiger charge is 2.26. The van der Waals surface area contributed by atoms with Gasteiger partial charge in [-0.3, -0.25) is 0 Å². The zero-order chi connectivity index (χ0) is 50.1. The fourth-order valence-electron chi connectivity index (χ4n) is 8.64. The predicted octanol–water partition coefficient (Wildman–Crippen LogP) is 12.6. The number of carbonyl (C=O) groups is 2. The SMILES string of the molecule is C.C#CNc1cc2oc3cc(=[N+](C)CC)c(C)cc-3c(-c3ccccc3C(=O)O)c2cc1C.C#CNc1cc2oc3cc(=[N+](CC)CC)c(C)cc-3c(-c3ccccc3C(=O)O)c2cc1C.CN=C=S.[HH].[HH].[HH].[HH]. The number of isothiocyanates is 1. The molecule has 0 saturated heterocycles. The van der Waals surface area contributed by atoms with E-state index in [2.05, 4.69) is 107 Å². The molecular formula is C58H67N5O6S+2. The Balaban J connectivity index is 0.000000649. The number of benzene rings is 6. The first-order valence-electron chi connectivity index (χ1n) is 22.4. The van der Waals surface area contributed by atoms with Crippen molar-refractivity contribution in [3.8, 4) is 69.8 Å². The van der Waals surface area contributed by atoms with E-state index in [1.54, 1.807) is 31.3 Å². The maximum absolute atomic E-state index is 12.1. The molecule has 0 aromatic heterocycles. The van der Waals surface area contributed by atoms with Crippen LogP contribution >= 0.6 is 12.2 Å². The molecule has 4 N–H and O–H groups in total. The number of carboxylic acids is 2. The molecule has 11 nitrogen and oxygen atoms in total. The van der Waals surface area contributed by atoms with Crippen molar-refractivity contribution in [2.24, 2.45) is 4.99 Å². The van der Waals surface area contributed by atoms with Gasteiger partial charge in [0.25, 0.3) is 0 Å². The smallest absolute Gasteiger partial charge is 0.336 e. The van der Waals surface area contributed by atoms with Gasteiger partial charge in [0.1, 0.15) is 49.4 Å². The van der Waals surface area contributed by atoms with E-state index in [1.807, 2.05) is 75.5 Å². The molecule has 70 heavy (non-hydrogen) atoms. The highest BCUT2D eigenvalue weighted by Crippen LogP contribution is 2.44. The molecule has 0 fully saturated rings. The summed E-state index contributed by atoms with van der Waals surface area (Å²) < 4.78 is 17.2. The van der Waals surface area contributed by atoms with Crippen LogP contribution in [-0.4, -0.2) is 61.0 Å². The van der Waals surface area contributed by atoms with Gasteiger partial charge in [-0.25, -0.2) is 23.7 Å². The molecule has 4 aromatic carbocycles. The number of rotatable bonds is 9. The topological polar surface area (TPSA) is 143 Å². The van der Waals surface area contributed by atoms with E-state index in [0.29, 0.717) is 33.8 Å². The van der Waals surface area contributed by atoms with Crippen LogP contribution in [0.3, 0.4) is 0 Å². The Labute approximate surface area is 420 Å². The van der Waals surface area contributed by atoms with E-state index in [-0.39, 0.29) is 24.3 Å². The summed E-state index contributed by atoms with van der Waals surface area (Å²) in [6.45, 7) is 17.0. The van der Waals surface area contributed by atoms with E-state index in [0.717, 1.165) is 97.0 Å². The van der Waals surface area contributed by atoms with Crippen molar-refractivity contribution in [2.75, 3.05) is 44.4 Å². The molecule has 4 aliphatic rings. The molecule has 0 radical (unpaired) electrons. The number of aromatic carboxylic acids is 2. The van der Waals surface area contributed by atoms with Crippen LogP contribution in [0.1, 0.15) is 76.9 Å². The fourth-order valence-corrected chi connectivity index (χ4v) is 8.64. The molecule has 0 bridgehead atoms.